The summed E-state index contributed by atoms with van der Waals surface area (Å²) in [6, 6.07) is 14.1. The Hall–Kier alpha value is -3.21. The Morgan fingerprint density at radius 3 is 2.50 bits per heavy atom. The van der Waals surface area contributed by atoms with Crippen molar-refractivity contribution in [1.29, 1.82) is 0 Å². The van der Waals surface area contributed by atoms with Crippen LogP contribution in [0.5, 0.6) is 0 Å². The van der Waals surface area contributed by atoms with Crippen LogP contribution in [0.2, 0.25) is 0 Å². The van der Waals surface area contributed by atoms with Crippen molar-refractivity contribution in [2.45, 2.75) is 40.8 Å². The third kappa shape index (κ3) is 6.43. The summed E-state index contributed by atoms with van der Waals surface area (Å²) in [5.41, 5.74) is 6.02. The topological polar surface area (TPSA) is 93.2 Å². The van der Waals surface area contributed by atoms with Gasteiger partial charge in [-0.25, -0.2) is 19.6 Å². The molecule has 0 unspecified atom stereocenters. The molecular formula is C25H30IN7O. The highest BCUT2D eigenvalue weighted by Gasteiger charge is 2.08. The highest BCUT2D eigenvalue weighted by Crippen LogP contribution is 2.19. The molecule has 2 N–H and O–H groups in total. The summed E-state index contributed by atoms with van der Waals surface area (Å²) in [6.45, 7) is 9.87. The molecule has 0 saturated carbocycles. The second-order valence-electron chi connectivity index (χ2n) is 7.92. The fourth-order valence-electron chi connectivity index (χ4n) is 3.40. The number of pyridine rings is 1. The fourth-order valence-corrected chi connectivity index (χ4v) is 3.40. The van der Waals surface area contributed by atoms with Crippen molar-refractivity contribution in [3.05, 3.63) is 83.1 Å². The maximum Gasteiger partial charge on any atom is 0.226 e. The largest absolute Gasteiger partial charge is 0.444 e. The van der Waals surface area contributed by atoms with E-state index in [4.69, 9.17) is 4.42 Å². The van der Waals surface area contributed by atoms with E-state index < -0.39 is 0 Å². The third-order valence-corrected chi connectivity index (χ3v) is 5.09. The Balaban J connectivity index is 0.00000324. The number of guanidine groups is 1. The number of benzene rings is 1. The molecule has 0 aliphatic carbocycles. The predicted octanol–water partition coefficient (Wildman–Crippen LogP) is 4.72. The van der Waals surface area contributed by atoms with Gasteiger partial charge in [-0.05, 0) is 57.5 Å². The summed E-state index contributed by atoms with van der Waals surface area (Å²) in [5.74, 6) is 2.12. The lowest BCUT2D eigenvalue weighted by molar-refractivity contribution is 0.572. The lowest BCUT2D eigenvalue weighted by Gasteiger charge is -2.10. The van der Waals surface area contributed by atoms with Gasteiger partial charge in [-0.1, -0.05) is 23.8 Å². The molecule has 9 heteroatoms. The molecule has 3 heterocycles. The third-order valence-electron chi connectivity index (χ3n) is 5.09. The molecule has 0 radical (unpaired) electrons. The number of hydrogen-bond acceptors (Lipinski definition) is 5. The zero-order chi connectivity index (χ0) is 23.2. The minimum absolute atomic E-state index is 0. The molecule has 178 valence electrons. The lowest BCUT2D eigenvalue weighted by Crippen LogP contribution is -2.36. The quantitative estimate of drug-likeness (QED) is 0.190. The summed E-state index contributed by atoms with van der Waals surface area (Å²) in [5, 5.41) is 11.1. The minimum Gasteiger partial charge on any atom is -0.444 e. The first-order valence-corrected chi connectivity index (χ1v) is 11.0. The first-order valence-electron chi connectivity index (χ1n) is 11.0. The molecule has 3 aromatic heterocycles. The van der Waals surface area contributed by atoms with E-state index in [9.17, 15) is 0 Å². The molecule has 4 aromatic rings. The van der Waals surface area contributed by atoms with Gasteiger partial charge in [0.2, 0.25) is 5.89 Å². The Labute approximate surface area is 217 Å². The lowest BCUT2D eigenvalue weighted by atomic mass is 10.1. The van der Waals surface area contributed by atoms with Gasteiger partial charge in [0, 0.05) is 24.0 Å². The smallest absolute Gasteiger partial charge is 0.226 e. The van der Waals surface area contributed by atoms with Crippen molar-refractivity contribution in [2.24, 2.45) is 4.99 Å². The standard InChI is InChI=1S/C25H29N7O.HI/c1-5-26-25(29-15-22-16-33-24(30-22)21-9-6-17(2)7-10-21)28-14-20-8-11-23(27-13-20)32-19(4)12-18(3)31-32;/h6-13,16H,5,14-15H2,1-4H3,(H2,26,28,29);1H. The average molecular weight is 571 g/mol. The molecule has 0 aliphatic rings. The van der Waals surface area contributed by atoms with Gasteiger partial charge in [0.25, 0.3) is 0 Å². The summed E-state index contributed by atoms with van der Waals surface area (Å²) in [4.78, 5) is 13.8. The van der Waals surface area contributed by atoms with Crippen LogP contribution in [0.4, 0.5) is 0 Å². The Morgan fingerprint density at radius 2 is 1.85 bits per heavy atom. The van der Waals surface area contributed by atoms with Gasteiger partial charge in [-0.3, -0.25) is 0 Å². The van der Waals surface area contributed by atoms with E-state index in [0.717, 1.165) is 40.6 Å². The number of rotatable bonds is 7. The molecular weight excluding hydrogens is 541 g/mol. The van der Waals surface area contributed by atoms with E-state index in [0.29, 0.717) is 24.9 Å². The number of aliphatic imine (C=N–C) groups is 1. The highest BCUT2D eigenvalue weighted by atomic mass is 127. The zero-order valence-electron chi connectivity index (χ0n) is 19.9. The van der Waals surface area contributed by atoms with Crippen LogP contribution in [-0.4, -0.2) is 32.3 Å². The van der Waals surface area contributed by atoms with E-state index in [1.807, 2.05) is 74.1 Å². The van der Waals surface area contributed by atoms with Gasteiger partial charge in [0.15, 0.2) is 11.8 Å². The summed E-state index contributed by atoms with van der Waals surface area (Å²) >= 11 is 0. The number of aryl methyl sites for hydroxylation is 3. The maximum absolute atomic E-state index is 5.64. The van der Waals surface area contributed by atoms with Crippen molar-refractivity contribution in [2.75, 3.05) is 6.54 Å². The molecule has 1 aromatic carbocycles. The summed E-state index contributed by atoms with van der Waals surface area (Å²) < 4.78 is 7.49. The fraction of sp³-hybridized carbons (Fsp3) is 0.280. The minimum atomic E-state index is 0. The van der Waals surface area contributed by atoms with E-state index in [-0.39, 0.29) is 24.0 Å². The number of hydrogen-bond donors (Lipinski definition) is 2. The first kappa shape index (κ1) is 25.4. The number of nitrogens with one attached hydrogen (secondary N) is 2. The SMILES string of the molecule is CCNC(=NCc1ccc(-n2nc(C)cc2C)nc1)NCc1coc(-c2ccc(C)cc2)n1.I. The molecule has 0 amide bonds. The van der Waals surface area contributed by atoms with Gasteiger partial charge >= 0.3 is 0 Å². The van der Waals surface area contributed by atoms with Gasteiger partial charge in [0.05, 0.1) is 24.5 Å². The van der Waals surface area contributed by atoms with Crippen molar-refractivity contribution >= 4 is 29.9 Å². The number of halogens is 1. The number of oxazole rings is 1. The van der Waals surface area contributed by atoms with Crippen LogP contribution in [0.15, 0.2) is 64.3 Å². The maximum atomic E-state index is 5.64. The number of aromatic nitrogens is 4. The van der Waals surface area contributed by atoms with Crippen LogP contribution < -0.4 is 10.6 Å². The Bertz CT molecular complexity index is 1230. The molecule has 34 heavy (non-hydrogen) atoms. The van der Waals surface area contributed by atoms with Gasteiger partial charge < -0.3 is 15.1 Å². The van der Waals surface area contributed by atoms with Crippen LogP contribution in [-0.2, 0) is 13.1 Å². The molecule has 4 rings (SSSR count). The van der Waals surface area contributed by atoms with Gasteiger partial charge in [-0.15, -0.1) is 24.0 Å². The van der Waals surface area contributed by atoms with Crippen LogP contribution >= 0.6 is 24.0 Å². The zero-order valence-corrected chi connectivity index (χ0v) is 22.2. The molecule has 8 nitrogen and oxygen atoms in total. The summed E-state index contributed by atoms with van der Waals surface area (Å²) in [6.07, 6.45) is 3.51. The van der Waals surface area contributed by atoms with E-state index >= 15 is 0 Å². The van der Waals surface area contributed by atoms with E-state index in [1.165, 1.54) is 5.56 Å². The first-order chi connectivity index (χ1) is 16.0. The van der Waals surface area contributed by atoms with Crippen molar-refractivity contribution in [3.8, 4) is 17.3 Å². The van der Waals surface area contributed by atoms with Crippen LogP contribution in [0.25, 0.3) is 17.3 Å². The van der Waals surface area contributed by atoms with Crippen molar-refractivity contribution < 1.29 is 4.42 Å². The van der Waals surface area contributed by atoms with E-state index in [1.54, 1.807) is 6.26 Å². The molecule has 0 fully saturated rings. The van der Waals surface area contributed by atoms with E-state index in [2.05, 4.69) is 37.6 Å². The van der Waals surface area contributed by atoms with Crippen LogP contribution in [0.1, 0.15) is 35.1 Å². The molecule has 0 spiro atoms. The second kappa shape index (κ2) is 11.8. The van der Waals surface area contributed by atoms with Crippen molar-refractivity contribution in [3.63, 3.8) is 0 Å². The summed E-state index contributed by atoms with van der Waals surface area (Å²) in [7, 11) is 0. The molecule has 0 bridgehead atoms. The van der Waals surface area contributed by atoms with Crippen molar-refractivity contribution in [1.82, 2.24) is 30.4 Å². The number of nitrogens with zero attached hydrogens (tertiary/aromatic N) is 5. The molecule has 0 aliphatic heterocycles. The average Bonchev–Trinajstić information content (AvgIpc) is 3.42. The van der Waals surface area contributed by atoms with Crippen LogP contribution in [0, 0.1) is 20.8 Å². The Morgan fingerprint density at radius 1 is 1.06 bits per heavy atom. The normalized spacial score (nSPS) is 11.2. The Kier molecular flexibility index (Phi) is 8.80. The predicted molar refractivity (Wildman–Crippen MR) is 145 cm³/mol. The second-order valence-corrected chi connectivity index (χ2v) is 7.92. The van der Waals surface area contributed by atoms with Gasteiger partial charge in [0.1, 0.15) is 6.26 Å². The van der Waals surface area contributed by atoms with Gasteiger partial charge in [-0.2, -0.15) is 5.10 Å². The monoisotopic (exact) mass is 571 g/mol. The molecule has 0 atom stereocenters. The molecule has 0 saturated heterocycles. The highest BCUT2D eigenvalue weighted by molar-refractivity contribution is 14.0. The van der Waals surface area contributed by atoms with Crippen LogP contribution in [0.3, 0.4) is 0 Å².